The first-order valence-electron chi connectivity index (χ1n) is 6.82. The largest absolute Gasteiger partial charge is 0.481 e. The smallest absolute Gasteiger partial charge is 0.335 e. The van der Waals surface area contributed by atoms with E-state index in [1.165, 1.54) is 0 Å². The number of para-hydroxylation sites is 1. The van der Waals surface area contributed by atoms with Crippen molar-refractivity contribution in [3.8, 4) is 11.7 Å². The number of hydrogen-bond acceptors (Lipinski definition) is 4. The Morgan fingerprint density at radius 2 is 2.05 bits per heavy atom. The highest BCUT2D eigenvalue weighted by atomic mass is 16.5. The van der Waals surface area contributed by atoms with Gasteiger partial charge in [0.05, 0.1) is 17.7 Å². The first-order valence-corrected chi connectivity index (χ1v) is 6.82. The molecule has 1 heterocycles. The lowest BCUT2D eigenvalue weighted by Crippen LogP contribution is -2.24. The van der Waals surface area contributed by atoms with Crippen molar-refractivity contribution in [2.75, 3.05) is 6.61 Å². The Morgan fingerprint density at radius 1 is 1.33 bits per heavy atom. The highest BCUT2D eigenvalue weighted by Gasteiger charge is 2.26. The van der Waals surface area contributed by atoms with Gasteiger partial charge in [0.2, 0.25) is 0 Å². The number of aliphatic carboxylic acids is 1. The van der Waals surface area contributed by atoms with Gasteiger partial charge in [0.1, 0.15) is 6.33 Å². The topological polar surface area (TPSA) is 77.2 Å². The Labute approximate surface area is 123 Å². The van der Waals surface area contributed by atoms with Crippen LogP contribution in [0.25, 0.3) is 5.69 Å². The molecule has 6 nitrogen and oxygen atoms in total. The monoisotopic (exact) mass is 289 g/mol. The summed E-state index contributed by atoms with van der Waals surface area (Å²) in [5.41, 5.74) is 0.173. The van der Waals surface area contributed by atoms with Gasteiger partial charge < -0.3 is 9.84 Å². The number of nitrogens with zero attached hydrogens (tertiary/aromatic N) is 3. The summed E-state index contributed by atoms with van der Waals surface area (Å²) in [4.78, 5) is 15.1. The predicted octanol–water partition coefficient (Wildman–Crippen LogP) is 2.54. The number of carboxylic acids is 1. The summed E-state index contributed by atoms with van der Waals surface area (Å²) in [7, 11) is 0. The predicted molar refractivity (Wildman–Crippen MR) is 77.5 cm³/mol. The van der Waals surface area contributed by atoms with Crippen LogP contribution in [0.4, 0.5) is 0 Å². The second-order valence-corrected chi connectivity index (χ2v) is 5.45. The normalized spacial score (nSPS) is 11.3. The molecule has 0 saturated carbocycles. The van der Waals surface area contributed by atoms with E-state index in [1.807, 2.05) is 30.3 Å². The van der Waals surface area contributed by atoms with Crippen LogP contribution >= 0.6 is 0 Å². The minimum Gasteiger partial charge on any atom is -0.481 e. The fourth-order valence-electron chi connectivity index (χ4n) is 1.80. The van der Waals surface area contributed by atoms with Crippen LogP contribution in [0.3, 0.4) is 0 Å². The Hall–Kier alpha value is -2.37. The summed E-state index contributed by atoms with van der Waals surface area (Å²) in [5.74, 6) is -0.797. The molecule has 1 aromatic carbocycles. The molecule has 112 valence electrons. The van der Waals surface area contributed by atoms with Crippen molar-refractivity contribution in [2.45, 2.75) is 26.7 Å². The van der Waals surface area contributed by atoms with Crippen molar-refractivity contribution < 1.29 is 14.6 Å². The van der Waals surface area contributed by atoms with Crippen molar-refractivity contribution in [3.05, 3.63) is 36.7 Å². The average Bonchev–Trinajstić information content (AvgIpc) is 2.93. The van der Waals surface area contributed by atoms with E-state index in [0.717, 1.165) is 5.69 Å². The van der Waals surface area contributed by atoms with Crippen molar-refractivity contribution in [3.63, 3.8) is 0 Å². The molecular formula is C15H19N3O3. The first-order chi connectivity index (χ1) is 9.99. The second-order valence-electron chi connectivity index (χ2n) is 5.45. The van der Waals surface area contributed by atoms with Crippen LogP contribution in [0.5, 0.6) is 6.01 Å². The molecule has 21 heavy (non-hydrogen) atoms. The number of carboxylic acid groups (broad SMARTS) is 1. The van der Waals surface area contributed by atoms with Crippen molar-refractivity contribution in [1.82, 2.24) is 14.8 Å². The molecule has 0 aliphatic carbocycles. The van der Waals surface area contributed by atoms with Crippen LogP contribution in [0.1, 0.15) is 26.7 Å². The van der Waals surface area contributed by atoms with E-state index in [0.29, 0.717) is 25.5 Å². The Kier molecular flexibility index (Phi) is 4.57. The van der Waals surface area contributed by atoms with Crippen molar-refractivity contribution in [1.29, 1.82) is 0 Å². The fourth-order valence-corrected chi connectivity index (χ4v) is 1.80. The van der Waals surface area contributed by atoms with Gasteiger partial charge in [-0.3, -0.25) is 4.79 Å². The van der Waals surface area contributed by atoms with Gasteiger partial charge in [-0.1, -0.05) is 18.2 Å². The molecule has 0 bridgehead atoms. The molecule has 1 N–H and O–H groups in total. The SMILES string of the molecule is CC(C)(CCCOc1ncn(-c2ccccc2)n1)C(=O)O. The third-order valence-corrected chi connectivity index (χ3v) is 3.25. The summed E-state index contributed by atoms with van der Waals surface area (Å²) in [5, 5.41) is 13.2. The number of rotatable bonds is 7. The van der Waals surface area contributed by atoms with E-state index in [2.05, 4.69) is 10.1 Å². The van der Waals surface area contributed by atoms with E-state index in [1.54, 1.807) is 24.9 Å². The Bertz CT molecular complexity index is 593. The number of carbonyl (C=O) groups is 1. The average molecular weight is 289 g/mol. The Balaban J connectivity index is 1.83. The molecule has 2 rings (SSSR count). The molecule has 0 spiro atoms. The molecule has 2 aromatic rings. The summed E-state index contributed by atoms with van der Waals surface area (Å²) in [6.45, 7) is 3.81. The molecule has 0 saturated heterocycles. The number of benzene rings is 1. The van der Waals surface area contributed by atoms with Crippen LogP contribution in [0.2, 0.25) is 0 Å². The van der Waals surface area contributed by atoms with Crippen LogP contribution in [-0.2, 0) is 4.79 Å². The molecule has 0 aliphatic rings. The minimum absolute atomic E-state index is 0.298. The molecule has 0 atom stereocenters. The van der Waals surface area contributed by atoms with Crippen LogP contribution in [-0.4, -0.2) is 32.4 Å². The standard InChI is InChI=1S/C15H19N3O3/c1-15(2,13(19)20)9-6-10-21-14-16-11-18(17-14)12-7-4-3-5-8-12/h3-5,7-8,11H,6,9-10H2,1-2H3,(H,19,20). The number of hydrogen-bond donors (Lipinski definition) is 1. The lowest BCUT2D eigenvalue weighted by atomic mass is 9.88. The highest BCUT2D eigenvalue weighted by molar-refractivity contribution is 5.73. The Morgan fingerprint density at radius 3 is 2.71 bits per heavy atom. The molecule has 0 aliphatic heterocycles. The van der Waals surface area contributed by atoms with Crippen molar-refractivity contribution >= 4 is 5.97 Å². The quantitative estimate of drug-likeness (QED) is 0.792. The fraction of sp³-hybridized carbons (Fsp3) is 0.400. The van der Waals surface area contributed by atoms with E-state index in [-0.39, 0.29) is 0 Å². The van der Waals surface area contributed by atoms with Crippen LogP contribution in [0, 0.1) is 5.41 Å². The van der Waals surface area contributed by atoms with Gasteiger partial charge in [-0.05, 0) is 38.8 Å². The highest BCUT2D eigenvalue weighted by Crippen LogP contribution is 2.22. The van der Waals surface area contributed by atoms with Gasteiger partial charge in [0.15, 0.2) is 0 Å². The zero-order chi connectivity index (χ0) is 15.3. The lowest BCUT2D eigenvalue weighted by molar-refractivity contribution is -0.147. The van der Waals surface area contributed by atoms with Gasteiger partial charge in [-0.15, -0.1) is 5.10 Å². The van der Waals surface area contributed by atoms with Gasteiger partial charge in [-0.2, -0.15) is 4.98 Å². The lowest BCUT2D eigenvalue weighted by Gasteiger charge is -2.18. The maximum atomic E-state index is 11.0. The maximum absolute atomic E-state index is 11.0. The van der Waals surface area contributed by atoms with Crippen LogP contribution < -0.4 is 4.74 Å². The van der Waals surface area contributed by atoms with Gasteiger partial charge in [0, 0.05) is 0 Å². The first kappa shape index (κ1) is 15.0. The summed E-state index contributed by atoms with van der Waals surface area (Å²) in [6.07, 6.45) is 2.77. The van der Waals surface area contributed by atoms with Gasteiger partial charge >= 0.3 is 12.0 Å². The van der Waals surface area contributed by atoms with Gasteiger partial charge in [-0.25, -0.2) is 4.68 Å². The zero-order valence-electron chi connectivity index (χ0n) is 12.2. The third kappa shape index (κ3) is 4.05. The van der Waals surface area contributed by atoms with E-state index in [9.17, 15) is 4.79 Å². The molecule has 0 fully saturated rings. The molecule has 0 unspecified atom stereocenters. The number of aromatic nitrogens is 3. The molecular weight excluding hydrogens is 270 g/mol. The van der Waals surface area contributed by atoms with E-state index >= 15 is 0 Å². The maximum Gasteiger partial charge on any atom is 0.335 e. The molecule has 1 aromatic heterocycles. The minimum atomic E-state index is -0.797. The summed E-state index contributed by atoms with van der Waals surface area (Å²) in [6, 6.07) is 9.92. The zero-order valence-corrected chi connectivity index (χ0v) is 12.2. The summed E-state index contributed by atoms with van der Waals surface area (Å²) >= 11 is 0. The molecule has 6 heteroatoms. The second kappa shape index (κ2) is 6.39. The van der Waals surface area contributed by atoms with Crippen LogP contribution in [0.15, 0.2) is 36.7 Å². The molecule has 0 radical (unpaired) electrons. The van der Waals surface area contributed by atoms with Gasteiger partial charge in [0.25, 0.3) is 0 Å². The third-order valence-electron chi connectivity index (χ3n) is 3.25. The van der Waals surface area contributed by atoms with Crippen molar-refractivity contribution in [2.24, 2.45) is 5.41 Å². The molecule has 0 amide bonds. The van der Waals surface area contributed by atoms with E-state index < -0.39 is 11.4 Å². The van der Waals surface area contributed by atoms with E-state index in [4.69, 9.17) is 9.84 Å². The summed E-state index contributed by atoms with van der Waals surface area (Å²) < 4.78 is 7.08. The number of ether oxygens (including phenoxy) is 1.